The third kappa shape index (κ3) is 3.84. The van der Waals surface area contributed by atoms with Gasteiger partial charge in [-0.3, -0.25) is 9.78 Å². The fourth-order valence-corrected chi connectivity index (χ4v) is 2.86. The van der Waals surface area contributed by atoms with Crippen LogP contribution < -0.4 is 11.1 Å². The third-order valence-corrected chi connectivity index (χ3v) is 3.94. The van der Waals surface area contributed by atoms with Gasteiger partial charge in [-0.2, -0.15) is 0 Å². The second kappa shape index (κ2) is 7.04. The van der Waals surface area contributed by atoms with Gasteiger partial charge in [0.25, 0.3) is 0 Å². The summed E-state index contributed by atoms with van der Waals surface area (Å²) in [5.41, 5.74) is 9.36. The highest BCUT2D eigenvalue weighted by Gasteiger charge is 2.23. The Balaban J connectivity index is 1.82. The van der Waals surface area contributed by atoms with E-state index < -0.39 is 0 Å². The number of aromatic hydroxyl groups is 1. The average molecular weight is 324 g/mol. The summed E-state index contributed by atoms with van der Waals surface area (Å²) in [5, 5.41) is 13.0. The number of aromatic nitrogens is 1. The van der Waals surface area contributed by atoms with E-state index in [2.05, 4.69) is 15.2 Å². The van der Waals surface area contributed by atoms with Crippen LogP contribution in [0.15, 0.2) is 60.2 Å². The van der Waals surface area contributed by atoms with E-state index in [0.29, 0.717) is 19.6 Å². The number of nitrogens with zero attached hydrogens (tertiary/aromatic N) is 2. The van der Waals surface area contributed by atoms with Gasteiger partial charge in [0, 0.05) is 36.8 Å². The molecule has 124 valence electrons. The van der Waals surface area contributed by atoms with E-state index in [-0.39, 0.29) is 18.1 Å². The van der Waals surface area contributed by atoms with Crippen LogP contribution in [-0.2, 0) is 17.8 Å². The summed E-state index contributed by atoms with van der Waals surface area (Å²) < 4.78 is 0. The largest absolute Gasteiger partial charge is 0.508 e. The SMILES string of the molecule is NC(=O)CC1=C(Cc2cccnc2)NCN1Cc1cccc(O)c1. The summed E-state index contributed by atoms with van der Waals surface area (Å²) in [4.78, 5) is 17.7. The zero-order chi connectivity index (χ0) is 16.9. The summed E-state index contributed by atoms with van der Waals surface area (Å²) in [5.74, 6) is -0.131. The molecule has 2 heterocycles. The normalized spacial score (nSPS) is 13.9. The summed E-state index contributed by atoms with van der Waals surface area (Å²) in [7, 11) is 0. The minimum Gasteiger partial charge on any atom is -0.508 e. The molecule has 24 heavy (non-hydrogen) atoms. The molecule has 0 atom stereocenters. The first-order chi connectivity index (χ1) is 11.6. The van der Waals surface area contributed by atoms with Gasteiger partial charge in [0.2, 0.25) is 5.91 Å². The Hall–Kier alpha value is -3.02. The van der Waals surface area contributed by atoms with Gasteiger partial charge < -0.3 is 21.1 Å². The minimum absolute atomic E-state index is 0.182. The molecule has 2 aromatic rings. The van der Waals surface area contributed by atoms with Crippen molar-refractivity contribution in [3.05, 3.63) is 71.3 Å². The molecule has 6 nitrogen and oxygen atoms in total. The van der Waals surface area contributed by atoms with Crippen molar-refractivity contribution in [3.63, 3.8) is 0 Å². The average Bonchev–Trinajstić information content (AvgIpc) is 2.90. The number of amides is 1. The molecule has 0 bridgehead atoms. The number of carbonyl (C=O) groups excluding carboxylic acids is 1. The topological polar surface area (TPSA) is 91.5 Å². The lowest BCUT2D eigenvalue weighted by atomic mass is 10.1. The number of pyridine rings is 1. The Morgan fingerprint density at radius 1 is 1.29 bits per heavy atom. The maximum Gasteiger partial charge on any atom is 0.223 e. The minimum atomic E-state index is -0.363. The highest BCUT2D eigenvalue weighted by Crippen LogP contribution is 2.24. The molecule has 0 saturated carbocycles. The zero-order valence-corrected chi connectivity index (χ0v) is 13.3. The van der Waals surface area contributed by atoms with E-state index >= 15 is 0 Å². The molecule has 0 unspecified atom stereocenters. The molecule has 1 aromatic carbocycles. The van der Waals surface area contributed by atoms with Crippen LogP contribution >= 0.6 is 0 Å². The predicted molar refractivity (Wildman–Crippen MR) is 90.4 cm³/mol. The first-order valence-corrected chi connectivity index (χ1v) is 7.78. The van der Waals surface area contributed by atoms with Crippen LogP contribution in [0.2, 0.25) is 0 Å². The molecule has 0 spiro atoms. The van der Waals surface area contributed by atoms with Crippen LogP contribution in [0.4, 0.5) is 0 Å². The molecular formula is C18H20N4O2. The number of phenols is 1. The molecule has 0 radical (unpaired) electrons. The summed E-state index contributed by atoms with van der Waals surface area (Å²) >= 11 is 0. The summed E-state index contributed by atoms with van der Waals surface area (Å²) in [6.45, 7) is 1.20. The number of carbonyl (C=O) groups is 1. The van der Waals surface area contributed by atoms with Crippen molar-refractivity contribution < 1.29 is 9.90 Å². The number of hydrogen-bond donors (Lipinski definition) is 3. The Labute approximate surface area is 140 Å². The molecule has 0 fully saturated rings. The molecule has 1 aromatic heterocycles. The second-order valence-corrected chi connectivity index (χ2v) is 5.81. The molecule has 1 aliphatic heterocycles. The van der Waals surface area contributed by atoms with Gasteiger partial charge in [-0.05, 0) is 29.3 Å². The fraction of sp³-hybridized carbons (Fsp3) is 0.222. The fourth-order valence-electron chi connectivity index (χ4n) is 2.86. The van der Waals surface area contributed by atoms with E-state index in [1.165, 1.54) is 0 Å². The number of rotatable bonds is 6. The van der Waals surface area contributed by atoms with E-state index in [1.54, 1.807) is 18.3 Å². The van der Waals surface area contributed by atoms with Crippen LogP contribution in [0.3, 0.4) is 0 Å². The van der Waals surface area contributed by atoms with Gasteiger partial charge in [0.1, 0.15) is 5.75 Å². The Morgan fingerprint density at radius 3 is 2.83 bits per heavy atom. The third-order valence-electron chi connectivity index (χ3n) is 3.94. The predicted octanol–water partition coefficient (Wildman–Crippen LogP) is 1.48. The molecule has 6 heteroatoms. The Morgan fingerprint density at radius 2 is 2.12 bits per heavy atom. The van der Waals surface area contributed by atoms with Crippen molar-refractivity contribution in [2.24, 2.45) is 5.73 Å². The lowest BCUT2D eigenvalue weighted by molar-refractivity contribution is -0.117. The summed E-state index contributed by atoms with van der Waals surface area (Å²) in [6.07, 6.45) is 4.40. The van der Waals surface area contributed by atoms with Crippen LogP contribution in [-0.4, -0.2) is 27.6 Å². The lowest BCUT2D eigenvalue weighted by Gasteiger charge is -2.21. The number of benzene rings is 1. The van der Waals surface area contributed by atoms with E-state index in [1.807, 2.05) is 30.5 Å². The summed E-state index contributed by atoms with van der Waals surface area (Å²) in [6, 6.07) is 11.0. The van der Waals surface area contributed by atoms with Crippen LogP contribution in [0.1, 0.15) is 17.5 Å². The first-order valence-electron chi connectivity index (χ1n) is 7.78. The molecular weight excluding hydrogens is 304 g/mol. The standard InChI is InChI=1S/C18H20N4O2/c19-18(24)9-17-16(8-13-4-2-6-20-10-13)21-12-22(17)11-14-3-1-5-15(23)7-14/h1-7,10,21,23H,8-9,11-12H2,(H2,19,24). The van der Waals surface area contributed by atoms with Gasteiger partial charge >= 0.3 is 0 Å². The Kier molecular flexibility index (Phi) is 4.65. The first kappa shape index (κ1) is 15.9. The molecule has 1 amide bonds. The van der Waals surface area contributed by atoms with Crippen molar-refractivity contribution >= 4 is 5.91 Å². The number of nitrogens with two attached hydrogens (primary N) is 1. The number of hydrogen-bond acceptors (Lipinski definition) is 5. The molecule has 4 N–H and O–H groups in total. The monoisotopic (exact) mass is 324 g/mol. The smallest absolute Gasteiger partial charge is 0.223 e. The second-order valence-electron chi connectivity index (χ2n) is 5.81. The van der Waals surface area contributed by atoms with Crippen LogP contribution in [0.25, 0.3) is 0 Å². The quantitative estimate of drug-likeness (QED) is 0.748. The maximum atomic E-state index is 11.5. The van der Waals surface area contributed by atoms with Gasteiger partial charge in [0.05, 0.1) is 13.1 Å². The van der Waals surface area contributed by atoms with Crippen LogP contribution in [0.5, 0.6) is 5.75 Å². The van der Waals surface area contributed by atoms with Crippen LogP contribution in [0, 0.1) is 0 Å². The van der Waals surface area contributed by atoms with E-state index in [4.69, 9.17) is 5.73 Å². The maximum absolute atomic E-state index is 11.5. The van der Waals surface area contributed by atoms with Gasteiger partial charge in [-0.15, -0.1) is 0 Å². The van der Waals surface area contributed by atoms with Crippen molar-refractivity contribution in [1.29, 1.82) is 0 Å². The van der Waals surface area contributed by atoms with E-state index in [0.717, 1.165) is 22.5 Å². The van der Waals surface area contributed by atoms with E-state index in [9.17, 15) is 9.90 Å². The number of phenolic OH excluding ortho intramolecular Hbond substituents is 1. The molecule has 0 saturated heterocycles. The van der Waals surface area contributed by atoms with Crippen molar-refractivity contribution in [2.75, 3.05) is 6.67 Å². The highest BCUT2D eigenvalue weighted by molar-refractivity contribution is 5.76. The van der Waals surface area contributed by atoms with Gasteiger partial charge in [-0.25, -0.2) is 0 Å². The number of primary amides is 1. The highest BCUT2D eigenvalue weighted by atomic mass is 16.3. The molecule has 1 aliphatic rings. The molecule has 3 rings (SSSR count). The Bertz CT molecular complexity index is 759. The number of nitrogens with one attached hydrogen (secondary N) is 1. The van der Waals surface area contributed by atoms with Crippen molar-refractivity contribution in [3.8, 4) is 5.75 Å². The van der Waals surface area contributed by atoms with Crippen molar-refractivity contribution in [2.45, 2.75) is 19.4 Å². The number of allylic oxidation sites excluding steroid dienone is 1. The van der Waals surface area contributed by atoms with Gasteiger partial charge in [0.15, 0.2) is 0 Å². The van der Waals surface area contributed by atoms with Gasteiger partial charge in [-0.1, -0.05) is 18.2 Å². The molecule has 0 aliphatic carbocycles. The van der Waals surface area contributed by atoms with Crippen molar-refractivity contribution in [1.82, 2.24) is 15.2 Å². The zero-order valence-electron chi connectivity index (χ0n) is 13.3. The lowest BCUT2D eigenvalue weighted by Crippen LogP contribution is -2.25.